The van der Waals surface area contributed by atoms with E-state index in [9.17, 15) is 9.18 Å². The molecule has 0 saturated heterocycles. The number of aliphatic carboxylic acids is 1. The van der Waals surface area contributed by atoms with Crippen LogP contribution >= 0.6 is 0 Å². The molecule has 0 aliphatic heterocycles. The highest BCUT2D eigenvalue weighted by molar-refractivity contribution is 5.72. The monoisotopic (exact) mass is 224 g/mol. The molecule has 0 bridgehead atoms. The maximum absolute atomic E-state index is 13.4. The lowest BCUT2D eigenvalue weighted by atomic mass is 9.70. The fourth-order valence-corrected chi connectivity index (χ4v) is 2.11. The number of benzene rings is 1. The molecule has 1 aromatic rings. The zero-order valence-electron chi connectivity index (χ0n) is 8.94. The molecule has 0 amide bonds. The fourth-order valence-electron chi connectivity index (χ4n) is 2.11. The second-order valence-electron chi connectivity index (χ2n) is 4.02. The number of rotatable bonds is 3. The van der Waals surface area contributed by atoms with Gasteiger partial charge in [0.05, 0.1) is 13.0 Å². The van der Waals surface area contributed by atoms with Gasteiger partial charge in [0.1, 0.15) is 0 Å². The van der Waals surface area contributed by atoms with Gasteiger partial charge in [-0.3, -0.25) is 4.79 Å². The number of carboxylic acid groups (broad SMARTS) is 1. The first kappa shape index (κ1) is 10.9. The van der Waals surface area contributed by atoms with Gasteiger partial charge in [0.2, 0.25) is 0 Å². The van der Waals surface area contributed by atoms with Crippen LogP contribution in [0.5, 0.6) is 5.75 Å². The molecular weight excluding hydrogens is 211 g/mol. The van der Waals surface area contributed by atoms with Gasteiger partial charge in [-0.15, -0.1) is 0 Å². The van der Waals surface area contributed by atoms with Gasteiger partial charge in [0.25, 0.3) is 0 Å². The van der Waals surface area contributed by atoms with Gasteiger partial charge in [-0.05, 0) is 36.5 Å². The maximum Gasteiger partial charge on any atom is 0.307 e. The summed E-state index contributed by atoms with van der Waals surface area (Å²) in [5.74, 6) is -1.47. The normalized spacial score (nSPS) is 23.6. The van der Waals surface area contributed by atoms with Gasteiger partial charge >= 0.3 is 5.97 Å². The van der Waals surface area contributed by atoms with Crippen LogP contribution in [0.4, 0.5) is 4.39 Å². The topological polar surface area (TPSA) is 46.5 Å². The van der Waals surface area contributed by atoms with Crippen molar-refractivity contribution in [3.05, 3.63) is 29.6 Å². The molecule has 0 heterocycles. The van der Waals surface area contributed by atoms with E-state index >= 15 is 0 Å². The van der Waals surface area contributed by atoms with E-state index in [4.69, 9.17) is 9.84 Å². The van der Waals surface area contributed by atoms with Gasteiger partial charge < -0.3 is 9.84 Å². The predicted molar refractivity (Wildman–Crippen MR) is 56.1 cm³/mol. The average molecular weight is 224 g/mol. The highest BCUT2D eigenvalue weighted by Crippen LogP contribution is 2.43. The van der Waals surface area contributed by atoms with E-state index < -0.39 is 11.8 Å². The molecule has 2 unspecified atom stereocenters. The number of methoxy groups -OCH3 is 1. The van der Waals surface area contributed by atoms with Crippen molar-refractivity contribution in [1.29, 1.82) is 0 Å². The van der Waals surface area contributed by atoms with Gasteiger partial charge in [-0.1, -0.05) is 6.07 Å². The Balaban J connectivity index is 2.22. The molecular formula is C12H13FO3. The molecule has 16 heavy (non-hydrogen) atoms. The summed E-state index contributed by atoms with van der Waals surface area (Å²) in [4.78, 5) is 10.9. The Morgan fingerprint density at radius 2 is 2.25 bits per heavy atom. The molecule has 0 radical (unpaired) electrons. The summed E-state index contributed by atoms with van der Waals surface area (Å²) >= 11 is 0. The molecule has 1 saturated carbocycles. The Kier molecular flexibility index (Phi) is 2.81. The maximum atomic E-state index is 13.4. The lowest BCUT2D eigenvalue weighted by Crippen LogP contribution is -2.30. The van der Waals surface area contributed by atoms with Crippen molar-refractivity contribution < 1.29 is 19.0 Å². The molecule has 1 aromatic carbocycles. The standard InChI is InChI=1S/C12H13FO3/c1-16-11-5-2-7(6-10(11)13)8-3-4-9(8)12(14)15/h2,5-6,8-9H,3-4H2,1H3,(H,14,15). The molecule has 1 fully saturated rings. The van der Waals surface area contributed by atoms with Gasteiger partial charge in [-0.25, -0.2) is 4.39 Å². The van der Waals surface area contributed by atoms with E-state index in [0.29, 0.717) is 6.42 Å². The summed E-state index contributed by atoms with van der Waals surface area (Å²) < 4.78 is 18.2. The Bertz CT molecular complexity index is 417. The van der Waals surface area contributed by atoms with Crippen molar-refractivity contribution in [2.45, 2.75) is 18.8 Å². The minimum absolute atomic E-state index is 0.0575. The van der Waals surface area contributed by atoms with E-state index in [-0.39, 0.29) is 17.6 Å². The minimum atomic E-state index is -0.799. The molecule has 0 aromatic heterocycles. The van der Waals surface area contributed by atoms with Crippen molar-refractivity contribution in [2.75, 3.05) is 7.11 Å². The van der Waals surface area contributed by atoms with E-state index in [1.165, 1.54) is 13.2 Å². The van der Waals surface area contributed by atoms with Crippen molar-refractivity contribution >= 4 is 5.97 Å². The van der Waals surface area contributed by atoms with E-state index in [2.05, 4.69) is 0 Å². The molecule has 1 N–H and O–H groups in total. The molecule has 3 nitrogen and oxygen atoms in total. The van der Waals surface area contributed by atoms with Crippen LogP contribution in [0, 0.1) is 11.7 Å². The Morgan fingerprint density at radius 1 is 1.50 bits per heavy atom. The number of hydrogen-bond donors (Lipinski definition) is 1. The fraction of sp³-hybridized carbons (Fsp3) is 0.417. The van der Waals surface area contributed by atoms with E-state index in [1.807, 2.05) is 0 Å². The Labute approximate surface area is 92.9 Å². The Hall–Kier alpha value is -1.58. The van der Waals surface area contributed by atoms with Gasteiger partial charge in [0, 0.05) is 0 Å². The van der Waals surface area contributed by atoms with Crippen LogP contribution in [-0.4, -0.2) is 18.2 Å². The first-order chi connectivity index (χ1) is 7.63. The summed E-state index contributed by atoms with van der Waals surface area (Å²) in [6.07, 6.45) is 1.48. The van der Waals surface area contributed by atoms with E-state index in [1.54, 1.807) is 12.1 Å². The number of hydrogen-bond acceptors (Lipinski definition) is 2. The average Bonchev–Trinajstić information content (AvgIpc) is 2.15. The van der Waals surface area contributed by atoms with Crippen molar-refractivity contribution in [1.82, 2.24) is 0 Å². The summed E-state index contributed by atoms with van der Waals surface area (Å²) in [7, 11) is 1.40. The highest BCUT2D eigenvalue weighted by Gasteiger charge is 2.37. The Morgan fingerprint density at radius 3 is 2.69 bits per heavy atom. The summed E-state index contributed by atoms with van der Waals surface area (Å²) in [6, 6.07) is 4.65. The second kappa shape index (κ2) is 4.12. The van der Waals surface area contributed by atoms with Gasteiger partial charge in [0.15, 0.2) is 11.6 Å². The quantitative estimate of drug-likeness (QED) is 0.857. The minimum Gasteiger partial charge on any atom is -0.494 e. The first-order valence-electron chi connectivity index (χ1n) is 5.19. The summed E-state index contributed by atoms with van der Waals surface area (Å²) in [5, 5.41) is 8.92. The third kappa shape index (κ3) is 1.75. The largest absolute Gasteiger partial charge is 0.494 e. The number of halogens is 1. The van der Waals surface area contributed by atoms with Gasteiger partial charge in [-0.2, -0.15) is 0 Å². The molecule has 4 heteroatoms. The molecule has 1 aliphatic rings. The third-order valence-electron chi connectivity index (χ3n) is 3.20. The molecule has 86 valence electrons. The van der Waals surface area contributed by atoms with E-state index in [0.717, 1.165) is 12.0 Å². The lowest BCUT2D eigenvalue weighted by Gasteiger charge is -2.33. The number of ether oxygens (including phenoxy) is 1. The van der Waals surface area contributed by atoms with Crippen LogP contribution in [0.1, 0.15) is 24.3 Å². The van der Waals surface area contributed by atoms with Crippen LogP contribution in [0.15, 0.2) is 18.2 Å². The summed E-state index contributed by atoms with van der Waals surface area (Å²) in [5.41, 5.74) is 0.747. The zero-order chi connectivity index (χ0) is 11.7. The molecule has 0 spiro atoms. The molecule has 2 rings (SSSR count). The lowest BCUT2D eigenvalue weighted by molar-refractivity contribution is -0.145. The van der Waals surface area contributed by atoms with Crippen LogP contribution < -0.4 is 4.74 Å². The SMILES string of the molecule is COc1ccc(C2CCC2C(=O)O)cc1F. The van der Waals surface area contributed by atoms with Crippen molar-refractivity contribution in [3.63, 3.8) is 0 Å². The van der Waals surface area contributed by atoms with Crippen LogP contribution in [0.2, 0.25) is 0 Å². The number of carbonyl (C=O) groups is 1. The highest BCUT2D eigenvalue weighted by atomic mass is 19.1. The smallest absolute Gasteiger partial charge is 0.307 e. The summed E-state index contributed by atoms with van der Waals surface area (Å²) in [6.45, 7) is 0. The molecule has 1 aliphatic carbocycles. The number of carboxylic acids is 1. The van der Waals surface area contributed by atoms with Crippen molar-refractivity contribution in [3.8, 4) is 5.75 Å². The predicted octanol–water partition coefficient (Wildman–Crippen LogP) is 2.41. The van der Waals surface area contributed by atoms with Crippen LogP contribution in [-0.2, 0) is 4.79 Å². The first-order valence-corrected chi connectivity index (χ1v) is 5.19. The zero-order valence-corrected chi connectivity index (χ0v) is 8.94. The van der Waals surface area contributed by atoms with Crippen LogP contribution in [0.3, 0.4) is 0 Å². The van der Waals surface area contributed by atoms with Crippen LogP contribution in [0.25, 0.3) is 0 Å². The third-order valence-corrected chi connectivity index (χ3v) is 3.20. The second-order valence-corrected chi connectivity index (χ2v) is 4.02. The molecule has 2 atom stereocenters. The van der Waals surface area contributed by atoms with Crippen molar-refractivity contribution in [2.24, 2.45) is 5.92 Å².